The standard InChI is InChI=1S/C18H20N2O2/c1-22-15-9-7-13(8-10-15)16(17-4-2-3-11-19-17)12-20-18(21)14-5-6-14/h2-4,7-11,14,16H,5-6,12H2,1H3,(H,20,21). The van der Waals surface area contributed by atoms with E-state index in [1.165, 1.54) is 0 Å². The van der Waals surface area contributed by atoms with Gasteiger partial charge in [-0.05, 0) is 42.7 Å². The number of hydrogen-bond acceptors (Lipinski definition) is 3. The minimum atomic E-state index is 0.0507. The number of carbonyl (C=O) groups is 1. The van der Waals surface area contributed by atoms with E-state index in [1.54, 1.807) is 13.3 Å². The number of ether oxygens (including phenoxy) is 1. The van der Waals surface area contributed by atoms with Crippen LogP contribution in [0.1, 0.15) is 30.0 Å². The number of hydrogen-bond donors (Lipinski definition) is 1. The molecule has 4 heteroatoms. The van der Waals surface area contributed by atoms with Gasteiger partial charge in [-0.1, -0.05) is 18.2 Å². The number of carbonyl (C=O) groups excluding carboxylic acids is 1. The Balaban J connectivity index is 1.79. The van der Waals surface area contributed by atoms with Gasteiger partial charge in [-0.2, -0.15) is 0 Å². The number of benzene rings is 1. The van der Waals surface area contributed by atoms with Gasteiger partial charge in [0.25, 0.3) is 0 Å². The molecule has 1 aromatic carbocycles. The second kappa shape index (κ2) is 6.60. The summed E-state index contributed by atoms with van der Waals surface area (Å²) >= 11 is 0. The lowest BCUT2D eigenvalue weighted by Crippen LogP contribution is -2.30. The van der Waals surface area contributed by atoms with Crippen molar-refractivity contribution < 1.29 is 9.53 Å². The first-order valence-electron chi connectivity index (χ1n) is 7.60. The molecule has 0 saturated heterocycles. The Labute approximate surface area is 130 Å². The van der Waals surface area contributed by atoms with Gasteiger partial charge in [-0.25, -0.2) is 0 Å². The average molecular weight is 296 g/mol. The molecule has 0 spiro atoms. The molecule has 4 nitrogen and oxygen atoms in total. The van der Waals surface area contributed by atoms with Crippen molar-refractivity contribution in [2.75, 3.05) is 13.7 Å². The van der Waals surface area contributed by atoms with Crippen LogP contribution in [0, 0.1) is 5.92 Å². The van der Waals surface area contributed by atoms with Gasteiger partial charge in [0.05, 0.1) is 7.11 Å². The Morgan fingerprint density at radius 2 is 2.05 bits per heavy atom. The third-order valence-corrected chi connectivity index (χ3v) is 3.99. The SMILES string of the molecule is COc1ccc(C(CNC(=O)C2CC2)c2ccccn2)cc1. The zero-order valence-corrected chi connectivity index (χ0v) is 12.7. The predicted molar refractivity (Wildman–Crippen MR) is 84.8 cm³/mol. The molecule has 0 aliphatic heterocycles. The van der Waals surface area contributed by atoms with E-state index in [0.717, 1.165) is 29.8 Å². The minimum absolute atomic E-state index is 0.0507. The lowest BCUT2D eigenvalue weighted by atomic mass is 9.95. The quantitative estimate of drug-likeness (QED) is 0.891. The highest BCUT2D eigenvalue weighted by Crippen LogP contribution is 2.29. The van der Waals surface area contributed by atoms with Crippen molar-refractivity contribution in [3.8, 4) is 5.75 Å². The van der Waals surface area contributed by atoms with Gasteiger partial charge < -0.3 is 10.1 Å². The summed E-state index contributed by atoms with van der Waals surface area (Å²) in [7, 11) is 1.65. The van der Waals surface area contributed by atoms with Crippen LogP contribution in [0.3, 0.4) is 0 Å². The van der Waals surface area contributed by atoms with E-state index in [4.69, 9.17) is 4.74 Å². The average Bonchev–Trinajstić information content (AvgIpc) is 3.41. The second-order valence-corrected chi connectivity index (χ2v) is 5.60. The maximum atomic E-state index is 11.9. The van der Waals surface area contributed by atoms with Crippen molar-refractivity contribution in [3.63, 3.8) is 0 Å². The number of methoxy groups -OCH3 is 1. The van der Waals surface area contributed by atoms with E-state index in [2.05, 4.69) is 10.3 Å². The molecule has 0 bridgehead atoms. The van der Waals surface area contributed by atoms with Gasteiger partial charge in [-0.15, -0.1) is 0 Å². The molecule has 1 aliphatic carbocycles. The van der Waals surface area contributed by atoms with Crippen molar-refractivity contribution in [2.24, 2.45) is 5.92 Å². The zero-order chi connectivity index (χ0) is 15.4. The van der Waals surface area contributed by atoms with Crippen LogP contribution in [-0.2, 0) is 4.79 Å². The molecular formula is C18H20N2O2. The molecule has 1 heterocycles. The van der Waals surface area contributed by atoms with Crippen molar-refractivity contribution >= 4 is 5.91 Å². The van der Waals surface area contributed by atoms with Crippen LogP contribution in [0.15, 0.2) is 48.7 Å². The number of nitrogens with zero attached hydrogens (tertiary/aromatic N) is 1. The van der Waals surface area contributed by atoms with Gasteiger partial charge in [-0.3, -0.25) is 9.78 Å². The normalized spacial score (nSPS) is 15.1. The maximum absolute atomic E-state index is 11.9. The van der Waals surface area contributed by atoms with Crippen LogP contribution in [0.5, 0.6) is 5.75 Å². The minimum Gasteiger partial charge on any atom is -0.497 e. The van der Waals surface area contributed by atoms with Gasteiger partial charge in [0.2, 0.25) is 5.91 Å². The van der Waals surface area contributed by atoms with E-state index >= 15 is 0 Å². The van der Waals surface area contributed by atoms with Crippen LogP contribution in [-0.4, -0.2) is 24.5 Å². The van der Waals surface area contributed by atoms with Gasteiger partial charge in [0.1, 0.15) is 5.75 Å². The number of aromatic nitrogens is 1. The van der Waals surface area contributed by atoms with Crippen LogP contribution in [0.25, 0.3) is 0 Å². The van der Waals surface area contributed by atoms with Gasteiger partial charge >= 0.3 is 0 Å². The molecule has 1 aliphatic rings. The summed E-state index contributed by atoms with van der Waals surface area (Å²) in [6.07, 6.45) is 3.82. The fourth-order valence-electron chi connectivity index (χ4n) is 2.50. The van der Waals surface area contributed by atoms with Crippen molar-refractivity contribution in [1.29, 1.82) is 0 Å². The van der Waals surface area contributed by atoms with E-state index in [1.807, 2.05) is 42.5 Å². The molecule has 1 atom stereocenters. The molecule has 1 N–H and O–H groups in total. The van der Waals surface area contributed by atoms with Crippen molar-refractivity contribution in [1.82, 2.24) is 10.3 Å². The van der Waals surface area contributed by atoms with E-state index in [0.29, 0.717) is 6.54 Å². The molecule has 1 fully saturated rings. The molecule has 1 aromatic heterocycles. The first-order valence-corrected chi connectivity index (χ1v) is 7.60. The van der Waals surface area contributed by atoms with Crippen LogP contribution in [0.4, 0.5) is 0 Å². The highest BCUT2D eigenvalue weighted by molar-refractivity contribution is 5.80. The summed E-state index contributed by atoms with van der Waals surface area (Å²) < 4.78 is 5.21. The van der Waals surface area contributed by atoms with Crippen LogP contribution >= 0.6 is 0 Å². The predicted octanol–water partition coefficient (Wildman–Crippen LogP) is 2.75. The molecule has 0 radical (unpaired) electrons. The molecule has 22 heavy (non-hydrogen) atoms. The topological polar surface area (TPSA) is 51.2 Å². The van der Waals surface area contributed by atoms with Crippen LogP contribution in [0.2, 0.25) is 0 Å². The summed E-state index contributed by atoms with van der Waals surface area (Å²) in [5, 5.41) is 3.06. The Morgan fingerprint density at radius 1 is 1.27 bits per heavy atom. The Morgan fingerprint density at radius 3 is 2.64 bits per heavy atom. The fraction of sp³-hybridized carbons (Fsp3) is 0.333. The third-order valence-electron chi connectivity index (χ3n) is 3.99. The second-order valence-electron chi connectivity index (χ2n) is 5.60. The molecular weight excluding hydrogens is 276 g/mol. The summed E-state index contributed by atoms with van der Waals surface area (Å²) in [5.41, 5.74) is 2.08. The fourth-order valence-corrected chi connectivity index (χ4v) is 2.50. The first-order chi connectivity index (χ1) is 10.8. The van der Waals surface area contributed by atoms with E-state index < -0.39 is 0 Å². The van der Waals surface area contributed by atoms with Crippen molar-refractivity contribution in [3.05, 3.63) is 59.9 Å². The van der Waals surface area contributed by atoms with Gasteiger partial charge in [0.15, 0.2) is 0 Å². The monoisotopic (exact) mass is 296 g/mol. The van der Waals surface area contributed by atoms with Gasteiger partial charge in [0, 0.05) is 30.3 Å². The summed E-state index contributed by atoms with van der Waals surface area (Å²) in [6.45, 7) is 0.568. The Bertz CT molecular complexity index is 621. The molecule has 1 saturated carbocycles. The summed E-state index contributed by atoms with van der Waals surface area (Å²) in [6, 6.07) is 13.8. The summed E-state index contributed by atoms with van der Waals surface area (Å²) in [5.74, 6) is 1.26. The van der Waals surface area contributed by atoms with E-state index in [9.17, 15) is 4.79 Å². The number of pyridine rings is 1. The molecule has 114 valence electrons. The number of rotatable bonds is 6. The van der Waals surface area contributed by atoms with Crippen molar-refractivity contribution in [2.45, 2.75) is 18.8 Å². The maximum Gasteiger partial charge on any atom is 0.223 e. The molecule has 1 unspecified atom stereocenters. The Hall–Kier alpha value is -2.36. The third kappa shape index (κ3) is 3.45. The largest absolute Gasteiger partial charge is 0.497 e. The molecule has 1 amide bonds. The van der Waals surface area contributed by atoms with E-state index in [-0.39, 0.29) is 17.7 Å². The smallest absolute Gasteiger partial charge is 0.223 e. The molecule has 3 rings (SSSR count). The lowest BCUT2D eigenvalue weighted by Gasteiger charge is -2.18. The Kier molecular flexibility index (Phi) is 4.37. The van der Waals surface area contributed by atoms with Crippen LogP contribution < -0.4 is 10.1 Å². The molecule has 2 aromatic rings. The highest BCUT2D eigenvalue weighted by atomic mass is 16.5. The lowest BCUT2D eigenvalue weighted by molar-refractivity contribution is -0.122. The number of nitrogens with one attached hydrogen (secondary N) is 1. The highest BCUT2D eigenvalue weighted by Gasteiger charge is 2.30. The zero-order valence-electron chi connectivity index (χ0n) is 12.7. The first kappa shape index (κ1) is 14.6. The number of amides is 1. The summed E-state index contributed by atoms with van der Waals surface area (Å²) in [4.78, 5) is 16.4.